The van der Waals surface area contributed by atoms with E-state index in [1.165, 1.54) is 25.5 Å². The lowest BCUT2D eigenvalue weighted by atomic mass is 10.1. The van der Waals surface area contributed by atoms with Crippen molar-refractivity contribution >= 4 is 29.4 Å². The lowest BCUT2D eigenvalue weighted by Crippen LogP contribution is -2.18. The van der Waals surface area contributed by atoms with Crippen LogP contribution < -0.4 is 19.6 Å². The molecule has 3 aromatic rings. The summed E-state index contributed by atoms with van der Waals surface area (Å²) in [6.45, 7) is 2.55. The highest BCUT2D eigenvalue weighted by atomic mass is 35.5. The molecular formula is C24H22ClN3O6. The highest BCUT2D eigenvalue weighted by molar-refractivity contribution is 6.31. The molecule has 34 heavy (non-hydrogen) atoms. The van der Waals surface area contributed by atoms with Crippen LogP contribution in [-0.4, -0.2) is 30.8 Å². The van der Waals surface area contributed by atoms with Crippen LogP contribution in [-0.2, 0) is 6.61 Å². The van der Waals surface area contributed by atoms with Gasteiger partial charge >= 0.3 is 0 Å². The van der Waals surface area contributed by atoms with Gasteiger partial charge in [0.05, 0.1) is 30.4 Å². The number of ether oxygens (including phenoxy) is 3. The first-order valence-corrected chi connectivity index (χ1v) is 10.6. The number of nitrogens with zero attached hydrogens (tertiary/aromatic N) is 2. The summed E-state index contributed by atoms with van der Waals surface area (Å²) in [5, 5.41) is 15.6. The molecule has 9 nitrogen and oxygen atoms in total. The standard InChI is InChI=1S/C24H22ClN3O6/c1-3-33-23-12-16(8-10-22(23)34-15-17-6-4-5-7-20(17)25)14-26-27-24(29)19-13-18(28(30)31)9-11-21(19)32-2/h4-14H,3,15H2,1-2H3,(H,27,29)/b26-14-. The fourth-order valence-electron chi connectivity index (χ4n) is 2.98. The van der Waals surface area contributed by atoms with Crippen LogP contribution in [0.25, 0.3) is 0 Å². The van der Waals surface area contributed by atoms with Gasteiger partial charge in [0.2, 0.25) is 0 Å². The summed E-state index contributed by atoms with van der Waals surface area (Å²) in [6.07, 6.45) is 1.42. The van der Waals surface area contributed by atoms with Gasteiger partial charge in [0, 0.05) is 22.7 Å². The Bertz CT molecular complexity index is 1220. The van der Waals surface area contributed by atoms with Gasteiger partial charge in [-0.2, -0.15) is 5.10 Å². The molecule has 0 atom stereocenters. The summed E-state index contributed by atoms with van der Waals surface area (Å²) in [6, 6.07) is 16.3. The Hall–Kier alpha value is -4.11. The average Bonchev–Trinajstić information content (AvgIpc) is 2.84. The second-order valence-electron chi connectivity index (χ2n) is 6.86. The Morgan fingerprint density at radius 3 is 2.56 bits per heavy atom. The van der Waals surface area contributed by atoms with E-state index in [0.717, 1.165) is 11.6 Å². The number of halogens is 1. The number of methoxy groups -OCH3 is 1. The normalized spacial score (nSPS) is 10.7. The van der Waals surface area contributed by atoms with E-state index in [-0.39, 0.29) is 23.6 Å². The van der Waals surface area contributed by atoms with Crippen molar-refractivity contribution in [3.05, 3.63) is 92.5 Å². The Morgan fingerprint density at radius 2 is 1.85 bits per heavy atom. The van der Waals surface area contributed by atoms with Crippen molar-refractivity contribution in [1.29, 1.82) is 0 Å². The minimum Gasteiger partial charge on any atom is -0.496 e. The largest absolute Gasteiger partial charge is 0.496 e. The molecule has 0 unspecified atom stereocenters. The number of hydrogen-bond acceptors (Lipinski definition) is 7. The maximum absolute atomic E-state index is 12.5. The third-order valence-electron chi connectivity index (χ3n) is 4.63. The number of nitrogens with one attached hydrogen (secondary N) is 1. The summed E-state index contributed by atoms with van der Waals surface area (Å²) < 4.78 is 16.7. The molecule has 0 aliphatic heterocycles. The first kappa shape index (κ1) is 24.5. The van der Waals surface area contributed by atoms with Crippen LogP contribution in [0.2, 0.25) is 5.02 Å². The van der Waals surface area contributed by atoms with E-state index in [1.54, 1.807) is 24.3 Å². The second kappa shape index (κ2) is 11.7. The van der Waals surface area contributed by atoms with Gasteiger partial charge in [-0.3, -0.25) is 14.9 Å². The number of hydrazone groups is 1. The number of non-ortho nitro benzene ring substituents is 1. The molecule has 0 heterocycles. The van der Waals surface area contributed by atoms with Crippen molar-refractivity contribution < 1.29 is 23.9 Å². The summed E-state index contributed by atoms with van der Waals surface area (Å²) >= 11 is 6.18. The highest BCUT2D eigenvalue weighted by Gasteiger charge is 2.17. The second-order valence-corrected chi connectivity index (χ2v) is 7.27. The van der Waals surface area contributed by atoms with Crippen molar-refractivity contribution in [1.82, 2.24) is 5.43 Å². The SMILES string of the molecule is CCOc1cc(/C=N\NC(=O)c2cc([N+](=O)[O-])ccc2OC)ccc1OCc1ccccc1Cl. The van der Waals surface area contributed by atoms with E-state index in [1.807, 2.05) is 25.1 Å². The fourth-order valence-corrected chi connectivity index (χ4v) is 3.17. The molecule has 0 aliphatic rings. The zero-order valence-electron chi connectivity index (χ0n) is 18.5. The molecule has 1 N–H and O–H groups in total. The van der Waals surface area contributed by atoms with Crippen LogP contribution in [0.5, 0.6) is 17.2 Å². The van der Waals surface area contributed by atoms with Gasteiger partial charge in [-0.05, 0) is 42.8 Å². The first-order valence-electron chi connectivity index (χ1n) is 10.2. The van der Waals surface area contributed by atoms with Crippen molar-refractivity contribution in [2.24, 2.45) is 5.10 Å². The molecule has 3 rings (SSSR count). The minimum absolute atomic E-state index is 0.00724. The molecule has 0 spiro atoms. The Labute approximate surface area is 201 Å². The molecule has 0 saturated carbocycles. The van der Waals surface area contributed by atoms with Gasteiger partial charge in [-0.1, -0.05) is 29.8 Å². The predicted molar refractivity (Wildman–Crippen MR) is 128 cm³/mol. The van der Waals surface area contributed by atoms with Crippen LogP contribution in [0.4, 0.5) is 5.69 Å². The van der Waals surface area contributed by atoms with Crippen LogP contribution in [0, 0.1) is 10.1 Å². The molecular weight excluding hydrogens is 462 g/mol. The molecule has 0 saturated heterocycles. The van der Waals surface area contributed by atoms with E-state index >= 15 is 0 Å². The van der Waals surface area contributed by atoms with E-state index in [0.29, 0.717) is 28.7 Å². The summed E-state index contributed by atoms with van der Waals surface area (Å²) in [5.41, 5.74) is 3.59. The van der Waals surface area contributed by atoms with Crippen LogP contribution >= 0.6 is 11.6 Å². The minimum atomic E-state index is -0.651. The number of carbonyl (C=O) groups excluding carboxylic acids is 1. The van der Waals surface area contributed by atoms with Crippen molar-refractivity contribution in [3.8, 4) is 17.2 Å². The molecule has 0 bridgehead atoms. The van der Waals surface area contributed by atoms with E-state index in [2.05, 4.69) is 10.5 Å². The summed E-state index contributed by atoms with van der Waals surface area (Å²) in [5.74, 6) is 0.577. The van der Waals surface area contributed by atoms with Crippen LogP contribution in [0.1, 0.15) is 28.4 Å². The lowest BCUT2D eigenvalue weighted by molar-refractivity contribution is -0.384. The maximum atomic E-state index is 12.5. The van der Waals surface area contributed by atoms with Gasteiger partial charge < -0.3 is 14.2 Å². The Balaban J connectivity index is 1.71. The monoisotopic (exact) mass is 483 g/mol. The number of hydrogen-bond donors (Lipinski definition) is 1. The first-order chi connectivity index (χ1) is 16.4. The molecule has 1 amide bonds. The zero-order chi connectivity index (χ0) is 24.5. The third kappa shape index (κ3) is 6.23. The van der Waals surface area contributed by atoms with Crippen LogP contribution in [0.3, 0.4) is 0 Å². The smallest absolute Gasteiger partial charge is 0.275 e. The number of nitro benzene ring substituents is 1. The van der Waals surface area contributed by atoms with Crippen molar-refractivity contribution in [2.75, 3.05) is 13.7 Å². The highest BCUT2D eigenvalue weighted by Crippen LogP contribution is 2.30. The number of benzene rings is 3. The van der Waals surface area contributed by atoms with Gasteiger partial charge in [0.1, 0.15) is 12.4 Å². The lowest BCUT2D eigenvalue weighted by Gasteiger charge is -2.13. The topological polar surface area (TPSA) is 112 Å². The van der Waals surface area contributed by atoms with E-state index in [4.69, 9.17) is 25.8 Å². The van der Waals surface area contributed by atoms with E-state index < -0.39 is 10.8 Å². The van der Waals surface area contributed by atoms with Gasteiger partial charge in [-0.25, -0.2) is 5.43 Å². The number of amides is 1. The Morgan fingerprint density at radius 1 is 1.09 bits per heavy atom. The van der Waals surface area contributed by atoms with Gasteiger partial charge in [-0.15, -0.1) is 0 Å². The molecule has 0 radical (unpaired) electrons. The summed E-state index contributed by atoms with van der Waals surface area (Å²) in [7, 11) is 1.37. The number of rotatable bonds is 10. The van der Waals surface area contributed by atoms with Crippen LogP contribution in [0.15, 0.2) is 65.8 Å². The molecule has 3 aromatic carbocycles. The Kier molecular flexibility index (Phi) is 8.42. The third-order valence-corrected chi connectivity index (χ3v) is 5.00. The van der Waals surface area contributed by atoms with Gasteiger partial charge in [0.15, 0.2) is 11.5 Å². The van der Waals surface area contributed by atoms with Crippen molar-refractivity contribution in [2.45, 2.75) is 13.5 Å². The van der Waals surface area contributed by atoms with Gasteiger partial charge in [0.25, 0.3) is 11.6 Å². The molecule has 10 heteroatoms. The quantitative estimate of drug-likeness (QED) is 0.247. The predicted octanol–water partition coefficient (Wildman–Crippen LogP) is 5.00. The van der Waals surface area contributed by atoms with Crippen molar-refractivity contribution in [3.63, 3.8) is 0 Å². The number of nitro groups is 1. The molecule has 0 aromatic heterocycles. The fraction of sp³-hybridized carbons (Fsp3) is 0.167. The molecule has 0 fully saturated rings. The zero-order valence-corrected chi connectivity index (χ0v) is 19.2. The average molecular weight is 484 g/mol. The maximum Gasteiger partial charge on any atom is 0.275 e. The van der Waals surface area contributed by atoms with E-state index in [9.17, 15) is 14.9 Å². The summed E-state index contributed by atoms with van der Waals surface area (Å²) in [4.78, 5) is 22.9. The number of carbonyl (C=O) groups is 1. The molecule has 0 aliphatic carbocycles. The molecule has 176 valence electrons.